The number of fused-ring (bicyclic) bond motifs is 1. The lowest BCUT2D eigenvalue weighted by Gasteiger charge is -2.18. The summed E-state index contributed by atoms with van der Waals surface area (Å²) in [5.41, 5.74) is 5.82. The molecule has 0 saturated carbocycles. The Bertz CT molecular complexity index is 1000. The fourth-order valence-corrected chi connectivity index (χ4v) is 2.66. The fraction of sp³-hybridized carbons (Fsp3) is 0.167. The van der Waals surface area contributed by atoms with Gasteiger partial charge in [0.15, 0.2) is 17.3 Å². The zero-order chi connectivity index (χ0) is 19.3. The van der Waals surface area contributed by atoms with Crippen molar-refractivity contribution >= 4 is 11.8 Å². The van der Waals surface area contributed by atoms with E-state index in [2.05, 4.69) is 26.4 Å². The van der Waals surface area contributed by atoms with E-state index in [0.717, 1.165) is 5.56 Å². The summed E-state index contributed by atoms with van der Waals surface area (Å²) in [6.45, 7) is 0.736. The molecule has 1 aliphatic heterocycles. The maximum Gasteiger partial charge on any atom is 0.269 e. The van der Waals surface area contributed by atoms with Crippen molar-refractivity contribution in [2.24, 2.45) is 0 Å². The first-order valence-corrected chi connectivity index (χ1v) is 8.51. The van der Waals surface area contributed by atoms with Gasteiger partial charge in [0.1, 0.15) is 19.8 Å². The van der Waals surface area contributed by atoms with Crippen molar-refractivity contribution in [1.29, 1.82) is 0 Å². The van der Waals surface area contributed by atoms with Gasteiger partial charge >= 0.3 is 0 Å². The Morgan fingerprint density at radius 2 is 1.79 bits per heavy atom. The number of carbonyl (C=O) groups excluding carboxylic acids is 2. The number of ether oxygens (including phenoxy) is 2. The van der Waals surface area contributed by atoms with Crippen LogP contribution in [0.2, 0.25) is 0 Å². The highest BCUT2D eigenvalue weighted by Crippen LogP contribution is 2.30. The quantitative estimate of drug-likeness (QED) is 0.635. The predicted molar refractivity (Wildman–Crippen MR) is 96.3 cm³/mol. The molecular weight excluding hydrogens is 364 g/mol. The number of nitrogens with one attached hydrogen (secondary N) is 2. The lowest BCUT2D eigenvalue weighted by molar-refractivity contribution is -0.122. The number of rotatable bonds is 4. The number of hydrogen-bond donors (Lipinski definition) is 2. The van der Waals surface area contributed by atoms with Gasteiger partial charge in [-0.2, -0.15) is 0 Å². The van der Waals surface area contributed by atoms with Crippen molar-refractivity contribution in [1.82, 2.24) is 31.1 Å². The molecule has 1 aliphatic rings. The number of amides is 2. The van der Waals surface area contributed by atoms with Crippen LogP contribution in [0, 0.1) is 0 Å². The minimum Gasteiger partial charge on any atom is -0.486 e. The molecule has 0 radical (unpaired) electrons. The molecule has 0 saturated heterocycles. The highest BCUT2D eigenvalue weighted by atomic mass is 16.6. The zero-order valence-corrected chi connectivity index (χ0v) is 14.7. The number of nitrogens with zero attached hydrogens (tertiary/aromatic N) is 4. The second-order valence-electron chi connectivity index (χ2n) is 5.89. The topological polar surface area (TPSA) is 120 Å². The molecule has 0 aliphatic carbocycles. The van der Waals surface area contributed by atoms with Crippen molar-refractivity contribution in [3.63, 3.8) is 0 Å². The Hall–Kier alpha value is -3.95. The summed E-state index contributed by atoms with van der Waals surface area (Å²) in [5.74, 6) is 0.569. The molecule has 2 aromatic carbocycles. The highest BCUT2D eigenvalue weighted by molar-refractivity contribution is 5.96. The van der Waals surface area contributed by atoms with Crippen LogP contribution in [-0.2, 0) is 11.3 Å². The Kier molecular flexibility index (Phi) is 4.83. The third-order valence-electron chi connectivity index (χ3n) is 3.98. The number of carbonyl (C=O) groups is 2. The fourth-order valence-electron chi connectivity index (χ4n) is 2.66. The molecular formula is C18H16N6O4. The van der Waals surface area contributed by atoms with Crippen LogP contribution in [0.15, 0.2) is 48.5 Å². The molecule has 28 heavy (non-hydrogen) atoms. The van der Waals surface area contributed by atoms with E-state index in [0.29, 0.717) is 36.1 Å². The highest BCUT2D eigenvalue weighted by Gasteiger charge is 2.16. The molecule has 3 aromatic rings. The number of aromatic nitrogens is 4. The van der Waals surface area contributed by atoms with Gasteiger partial charge in [0.2, 0.25) is 0 Å². The molecule has 0 bridgehead atoms. The molecule has 0 fully saturated rings. The summed E-state index contributed by atoms with van der Waals surface area (Å²) >= 11 is 0. The Balaban J connectivity index is 1.36. The summed E-state index contributed by atoms with van der Waals surface area (Å²) in [7, 11) is 0. The largest absolute Gasteiger partial charge is 0.486 e. The van der Waals surface area contributed by atoms with Gasteiger partial charge in [-0.15, -0.1) is 5.10 Å². The van der Waals surface area contributed by atoms with Gasteiger partial charge < -0.3 is 9.47 Å². The second kappa shape index (κ2) is 7.74. The summed E-state index contributed by atoms with van der Waals surface area (Å²) in [5, 5.41) is 11.4. The molecule has 2 amide bonds. The smallest absolute Gasteiger partial charge is 0.269 e. The van der Waals surface area contributed by atoms with Crippen molar-refractivity contribution in [3.05, 3.63) is 54.1 Å². The monoisotopic (exact) mass is 380 g/mol. The number of benzene rings is 2. The molecule has 2 heterocycles. The molecule has 10 heteroatoms. The number of hydrazine groups is 1. The van der Waals surface area contributed by atoms with E-state index in [1.165, 1.54) is 4.68 Å². The van der Waals surface area contributed by atoms with Crippen LogP contribution in [0.1, 0.15) is 10.4 Å². The van der Waals surface area contributed by atoms with E-state index in [-0.39, 0.29) is 6.54 Å². The molecule has 0 unspecified atom stereocenters. The first kappa shape index (κ1) is 17.5. The van der Waals surface area contributed by atoms with Crippen molar-refractivity contribution in [2.75, 3.05) is 13.2 Å². The number of tetrazole rings is 1. The Labute approximate surface area is 159 Å². The maximum absolute atomic E-state index is 12.3. The van der Waals surface area contributed by atoms with Crippen LogP contribution in [0.3, 0.4) is 0 Å². The summed E-state index contributed by atoms with van der Waals surface area (Å²) in [6, 6.07) is 14.0. The van der Waals surface area contributed by atoms with E-state index in [9.17, 15) is 9.59 Å². The molecule has 4 rings (SSSR count). The molecule has 142 valence electrons. The van der Waals surface area contributed by atoms with Crippen LogP contribution in [0.5, 0.6) is 11.5 Å². The van der Waals surface area contributed by atoms with Crippen LogP contribution >= 0.6 is 0 Å². The second-order valence-corrected chi connectivity index (χ2v) is 5.89. The minimum absolute atomic E-state index is 0.154. The first-order chi connectivity index (χ1) is 13.7. The van der Waals surface area contributed by atoms with E-state index in [1.807, 2.05) is 30.3 Å². The van der Waals surface area contributed by atoms with Gasteiger partial charge in [-0.05, 0) is 28.6 Å². The van der Waals surface area contributed by atoms with Crippen LogP contribution in [-0.4, -0.2) is 45.2 Å². The zero-order valence-electron chi connectivity index (χ0n) is 14.7. The predicted octanol–water partition coefficient (Wildman–Crippen LogP) is 0.572. The molecule has 0 atom stereocenters. The van der Waals surface area contributed by atoms with Gasteiger partial charge in [-0.25, -0.2) is 4.68 Å². The average molecular weight is 380 g/mol. The minimum atomic E-state index is -0.481. The molecule has 1 aromatic heterocycles. The standard InChI is InChI=1S/C18H16N6O4/c25-16(11-24-17(20-22-23-24)12-4-2-1-3-5-12)19-21-18(26)13-6-7-14-15(10-13)28-9-8-27-14/h1-7,10H,8-9,11H2,(H,19,25)(H,21,26). The molecule has 10 nitrogen and oxygen atoms in total. The average Bonchev–Trinajstić information content (AvgIpc) is 3.20. The van der Waals surface area contributed by atoms with Crippen LogP contribution < -0.4 is 20.3 Å². The van der Waals surface area contributed by atoms with Crippen LogP contribution in [0.4, 0.5) is 0 Å². The first-order valence-electron chi connectivity index (χ1n) is 8.51. The van der Waals surface area contributed by atoms with Gasteiger partial charge in [0.25, 0.3) is 11.8 Å². The Morgan fingerprint density at radius 3 is 2.61 bits per heavy atom. The third-order valence-corrected chi connectivity index (χ3v) is 3.98. The SMILES string of the molecule is O=C(Cn1nnnc1-c1ccccc1)NNC(=O)c1ccc2c(c1)OCCO2. The lowest BCUT2D eigenvalue weighted by atomic mass is 10.2. The van der Waals surface area contributed by atoms with Gasteiger partial charge in [-0.3, -0.25) is 20.4 Å². The Morgan fingerprint density at radius 1 is 1.00 bits per heavy atom. The van der Waals surface area contributed by atoms with Gasteiger partial charge in [0.05, 0.1) is 0 Å². The molecule has 0 spiro atoms. The van der Waals surface area contributed by atoms with E-state index in [4.69, 9.17) is 9.47 Å². The summed E-state index contributed by atoms with van der Waals surface area (Å²) in [6.07, 6.45) is 0. The van der Waals surface area contributed by atoms with Crippen LogP contribution in [0.25, 0.3) is 11.4 Å². The van der Waals surface area contributed by atoms with E-state index in [1.54, 1.807) is 18.2 Å². The van der Waals surface area contributed by atoms with E-state index < -0.39 is 11.8 Å². The third kappa shape index (κ3) is 3.75. The normalized spacial score (nSPS) is 12.3. The summed E-state index contributed by atoms with van der Waals surface area (Å²) in [4.78, 5) is 24.4. The van der Waals surface area contributed by atoms with Crippen molar-refractivity contribution in [3.8, 4) is 22.9 Å². The molecule has 2 N–H and O–H groups in total. The van der Waals surface area contributed by atoms with Gasteiger partial charge in [-0.1, -0.05) is 30.3 Å². The lowest BCUT2D eigenvalue weighted by Crippen LogP contribution is -2.43. The van der Waals surface area contributed by atoms with Crippen molar-refractivity contribution in [2.45, 2.75) is 6.54 Å². The van der Waals surface area contributed by atoms with Crippen molar-refractivity contribution < 1.29 is 19.1 Å². The van der Waals surface area contributed by atoms with E-state index >= 15 is 0 Å². The maximum atomic E-state index is 12.3. The number of hydrogen-bond acceptors (Lipinski definition) is 7. The summed E-state index contributed by atoms with van der Waals surface area (Å²) < 4.78 is 12.2. The van der Waals surface area contributed by atoms with Gasteiger partial charge in [0, 0.05) is 11.1 Å².